The molecule has 0 bridgehead atoms. The minimum atomic E-state index is -3.33. The number of benzene rings is 1. The van der Waals surface area contributed by atoms with Crippen LogP contribution in [0.25, 0.3) is 0 Å². The van der Waals surface area contributed by atoms with Crippen LogP contribution in [-0.2, 0) is 9.84 Å². The van der Waals surface area contributed by atoms with Gasteiger partial charge in [-0.1, -0.05) is 38.6 Å². The van der Waals surface area contributed by atoms with Crippen LogP contribution >= 0.6 is 0 Å². The number of rotatable bonds is 4. The Morgan fingerprint density at radius 3 is 2.27 bits per heavy atom. The van der Waals surface area contributed by atoms with Gasteiger partial charge in [-0.3, -0.25) is 0 Å². The molecule has 0 atom stereocenters. The van der Waals surface area contributed by atoms with Gasteiger partial charge < -0.3 is 0 Å². The second-order valence-electron chi connectivity index (χ2n) is 3.95. The van der Waals surface area contributed by atoms with E-state index in [4.69, 9.17) is 0 Å². The van der Waals surface area contributed by atoms with Crippen molar-refractivity contribution in [2.45, 2.75) is 25.2 Å². The average Bonchev–Trinajstić information content (AvgIpc) is 2.18. The summed E-state index contributed by atoms with van der Waals surface area (Å²) in [5, 5.41) is 0. The lowest BCUT2D eigenvalue weighted by molar-refractivity contribution is 0.590. The summed E-state index contributed by atoms with van der Waals surface area (Å²) in [5.74, 6) is 0.302. The molecule has 0 saturated heterocycles. The largest absolute Gasteiger partial charge is 0.219 e. The molecule has 0 aliphatic carbocycles. The molecule has 0 heterocycles. The maximum atomic E-state index is 12.0. The number of sulfone groups is 1. The Hall–Kier alpha value is -1.09. The first-order valence-electron chi connectivity index (χ1n) is 4.92. The van der Waals surface area contributed by atoms with Gasteiger partial charge in [-0.2, -0.15) is 0 Å². The van der Waals surface area contributed by atoms with Crippen LogP contribution in [0.3, 0.4) is 0 Å². The van der Waals surface area contributed by atoms with Gasteiger partial charge >= 0.3 is 0 Å². The normalized spacial score (nSPS) is 11.7. The molecule has 0 radical (unpaired) electrons. The first-order valence-corrected chi connectivity index (χ1v) is 6.41. The molecule has 0 N–H and O–H groups in total. The average molecular weight is 224 g/mol. The number of hydrogen-bond acceptors (Lipinski definition) is 2. The molecule has 0 aliphatic heterocycles. The summed E-state index contributed by atoms with van der Waals surface area (Å²) >= 11 is 0. The molecule has 1 aromatic carbocycles. The second-order valence-corrected chi connectivity index (χ2v) is 6.01. The van der Waals surface area contributed by atoms with E-state index in [1.54, 1.807) is 30.3 Å². The van der Waals surface area contributed by atoms with Crippen molar-refractivity contribution in [1.29, 1.82) is 0 Å². The van der Waals surface area contributed by atoms with Crippen LogP contribution < -0.4 is 0 Å². The van der Waals surface area contributed by atoms with Gasteiger partial charge in [0.1, 0.15) is 0 Å². The summed E-state index contributed by atoms with van der Waals surface area (Å²) in [6, 6.07) is 8.43. The summed E-state index contributed by atoms with van der Waals surface area (Å²) < 4.78 is 23.9. The van der Waals surface area contributed by atoms with Crippen LogP contribution in [0.4, 0.5) is 0 Å². The van der Waals surface area contributed by atoms with Gasteiger partial charge in [-0.05, 0) is 24.5 Å². The van der Waals surface area contributed by atoms with E-state index in [9.17, 15) is 8.42 Å². The highest BCUT2D eigenvalue weighted by Gasteiger charge is 2.18. The van der Waals surface area contributed by atoms with Gasteiger partial charge in [0.15, 0.2) is 0 Å². The lowest BCUT2D eigenvalue weighted by atomic mass is 10.1. The van der Waals surface area contributed by atoms with E-state index in [0.29, 0.717) is 22.1 Å². The lowest BCUT2D eigenvalue weighted by Crippen LogP contribution is -2.06. The smallest absolute Gasteiger partial charge is 0.202 e. The standard InChI is InChI=1S/C12H16O2S/c1-10(2)9-11(3)15(13,14)12-7-5-4-6-8-12/h4-8,10H,3,9H2,1-2H3. The Morgan fingerprint density at radius 1 is 1.27 bits per heavy atom. The number of hydrogen-bond donors (Lipinski definition) is 0. The van der Waals surface area contributed by atoms with Crippen LogP contribution in [0.2, 0.25) is 0 Å². The fraction of sp³-hybridized carbons (Fsp3) is 0.333. The molecule has 2 nitrogen and oxygen atoms in total. The van der Waals surface area contributed by atoms with E-state index < -0.39 is 9.84 Å². The molecule has 0 unspecified atom stereocenters. The van der Waals surface area contributed by atoms with Crippen molar-refractivity contribution >= 4 is 9.84 Å². The molecule has 82 valence electrons. The highest BCUT2D eigenvalue weighted by molar-refractivity contribution is 7.95. The molecule has 0 spiro atoms. The zero-order valence-electron chi connectivity index (χ0n) is 9.10. The van der Waals surface area contributed by atoms with Gasteiger partial charge in [0.05, 0.1) is 4.90 Å². The van der Waals surface area contributed by atoms with Gasteiger partial charge in [0.2, 0.25) is 9.84 Å². The highest BCUT2D eigenvalue weighted by Crippen LogP contribution is 2.22. The number of allylic oxidation sites excluding steroid dienone is 1. The summed E-state index contributed by atoms with van der Waals surface area (Å²) in [4.78, 5) is 0.624. The van der Waals surface area contributed by atoms with Gasteiger partial charge in [-0.15, -0.1) is 0 Å². The molecule has 3 heteroatoms. The minimum Gasteiger partial charge on any atom is -0.219 e. The molecule has 0 aromatic heterocycles. The molecule has 0 aliphatic rings. The quantitative estimate of drug-likeness (QED) is 0.787. The zero-order chi connectivity index (χ0) is 11.5. The third-order valence-corrected chi connectivity index (χ3v) is 3.89. The van der Waals surface area contributed by atoms with E-state index in [1.807, 2.05) is 13.8 Å². The van der Waals surface area contributed by atoms with E-state index in [1.165, 1.54) is 0 Å². The van der Waals surface area contributed by atoms with Crippen LogP contribution in [0.15, 0.2) is 46.7 Å². The van der Waals surface area contributed by atoms with Gasteiger partial charge in [0, 0.05) is 4.91 Å². The highest BCUT2D eigenvalue weighted by atomic mass is 32.2. The third-order valence-electron chi connectivity index (χ3n) is 2.07. The molecule has 0 fully saturated rings. The van der Waals surface area contributed by atoms with Crippen molar-refractivity contribution in [3.05, 3.63) is 41.8 Å². The summed E-state index contributed by atoms with van der Waals surface area (Å²) in [5.41, 5.74) is 0. The molecule has 0 amide bonds. The first-order chi connectivity index (χ1) is 6.94. The van der Waals surface area contributed by atoms with E-state index in [2.05, 4.69) is 6.58 Å². The van der Waals surface area contributed by atoms with Crippen LogP contribution in [0.5, 0.6) is 0 Å². The monoisotopic (exact) mass is 224 g/mol. The van der Waals surface area contributed by atoms with Gasteiger partial charge in [-0.25, -0.2) is 8.42 Å². The Kier molecular flexibility index (Phi) is 3.69. The SMILES string of the molecule is C=C(CC(C)C)S(=O)(=O)c1ccccc1. The summed E-state index contributed by atoms with van der Waals surface area (Å²) in [6.07, 6.45) is 0.511. The van der Waals surface area contributed by atoms with Crippen LogP contribution in [-0.4, -0.2) is 8.42 Å². The second kappa shape index (κ2) is 4.62. The van der Waals surface area contributed by atoms with Crippen LogP contribution in [0, 0.1) is 5.92 Å². The Labute approximate surface area is 91.6 Å². The molecular weight excluding hydrogens is 208 g/mol. The van der Waals surface area contributed by atoms with Crippen molar-refractivity contribution in [2.24, 2.45) is 5.92 Å². The maximum Gasteiger partial charge on any atom is 0.202 e. The van der Waals surface area contributed by atoms with E-state index >= 15 is 0 Å². The predicted octanol–water partition coefficient (Wildman–Crippen LogP) is 3.02. The predicted molar refractivity (Wildman–Crippen MR) is 62.2 cm³/mol. The van der Waals surface area contributed by atoms with Crippen molar-refractivity contribution < 1.29 is 8.42 Å². The van der Waals surface area contributed by atoms with Crippen molar-refractivity contribution in [3.8, 4) is 0 Å². The topological polar surface area (TPSA) is 34.1 Å². The van der Waals surface area contributed by atoms with Crippen LogP contribution in [0.1, 0.15) is 20.3 Å². The molecular formula is C12H16O2S. The Bertz CT molecular complexity index is 430. The fourth-order valence-corrected chi connectivity index (χ4v) is 2.73. The first kappa shape index (κ1) is 12.0. The minimum absolute atomic E-state index is 0.295. The molecule has 15 heavy (non-hydrogen) atoms. The third kappa shape index (κ3) is 2.93. The van der Waals surface area contributed by atoms with Crippen molar-refractivity contribution in [2.75, 3.05) is 0 Å². The Morgan fingerprint density at radius 2 is 1.80 bits per heavy atom. The van der Waals surface area contributed by atoms with Crippen molar-refractivity contribution in [3.63, 3.8) is 0 Å². The lowest BCUT2D eigenvalue weighted by Gasteiger charge is -2.09. The maximum absolute atomic E-state index is 12.0. The fourth-order valence-electron chi connectivity index (χ4n) is 1.33. The molecule has 0 saturated carbocycles. The van der Waals surface area contributed by atoms with E-state index in [0.717, 1.165) is 0 Å². The summed E-state index contributed by atoms with van der Waals surface area (Å²) in [6.45, 7) is 7.61. The molecule has 1 rings (SSSR count). The van der Waals surface area contributed by atoms with Gasteiger partial charge in [0.25, 0.3) is 0 Å². The zero-order valence-corrected chi connectivity index (χ0v) is 9.92. The summed E-state index contributed by atoms with van der Waals surface area (Å²) in [7, 11) is -3.33. The van der Waals surface area contributed by atoms with E-state index in [-0.39, 0.29) is 0 Å². The molecule has 1 aromatic rings. The Balaban J connectivity index is 2.99. The van der Waals surface area contributed by atoms with Crippen molar-refractivity contribution in [1.82, 2.24) is 0 Å².